The molecule has 0 spiro atoms. The number of nitrogens with one attached hydrogen (secondary N) is 3. The molecule has 0 aliphatic heterocycles. The Morgan fingerprint density at radius 2 is 1.41 bits per heavy atom. The maximum atomic E-state index is 9.88. The van der Waals surface area contributed by atoms with Crippen LogP contribution in [0, 0.1) is 0 Å². The molecule has 0 saturated heterocycles. The fourth-order valence-corrected chi connectivity index (χ4v) is 5.79. The lowest BCUT2D eigenvalue weighted by atomic mass is 9.93. The Kier molecular flexibility index (Phi) is 7.66. The number of benzene rings is 1. The molecule has 4 aromatic rings. The number of aliphatic hydroxyl groups is 2. The van der Waals surface area contributed by atoms with Crippen LogP contribution in [0.5, 0.6) is 0 Å². The highest BCUT2D eigenvalue weighted by atomic mass is 32.1. The van der Waals surface area contributed by atoms with Gasteiger partial charge in [-0.1, -0.05) is 29.5 Å². The number of anilines is 4. The van der Waals surface area contributed by atoms with Gasteiger partial charge in [0, 0.05) is 23.7 Å². The van der Waals surface area contributed by atoms with Crippen molar-refractivity contribution < 1.29 is 14.6 Å². The number of aliphatic hydroxyl groups excluding tert-OH is 2. The van der Waals surface area contributed by atoms with E-state index in [0.29, 0.717) is 34.5 Å². The average Bonchev–Trinajstić information content (AvgIpc) is 3.62. The average molecular weight is 549 g/mol. The molecular weight excluding hydrogens is 516 g/mol. The Bertz CT molecular complexity index is 1320. The lowest BCUT2D eigenvalue weighted by Crippen LogP contribution is -2.30. The molecule has 2 aliphatic rings. The van der Waals surface area contributed by atoms with Crippen molar-refractivity contribution in [3.8, 4) is 22.2 Å². The second-order valence-electron chi connectivity index (χ2n) is 10.2. The molecule has 6 rings (SSSR count). The highest BCUT2D eigenvalue weighted by Crippen LogP contribution is 2.32. The first-order valence-corrected chi connectivity index (χ1v) is 14.3. The van der Waals surface area contributed by atoms with E-state index in [1.54, 1.807) is 6.20 Å². The van der Waals surface area contributed by atoms with Gasteiger partial charge in [0.05, 0.1) is 18.4 Å². The molecule has 0 radical (unpaired) electrons. The summed E-state index contributed by atoms with van der Waals surface area (Å²) < 4.78 is 5.88. The molecule has 204 valence electrons. The van der Waals surface area contributed by atoms with Crippen molar-refractivity contribution >= 4 is 34.1 Å². The zero-order valence-corrected chi connectivity index (χ0v) is 22.3. The molecule has 2 aliphatic carbocycles. The van der Waals surface area contributed by atoms with Crippen LogP contribution in [0.2, 0.25) is 0 Å². The van der Waals surface area contributed by atoms with E-state index in [2.05, 4.69) is 31.1 Å². The Morgan fingerprint density at radius 3 is 2.13 bits per heavy atom. The Hall–Kier alpha value is -3.61. The summed E-state index contributed by atoms with van der Waals surface area (Å²) in [7, 11) is 0. The molecule has 1 aromatic carbocycles. The Morgan fingerprint density at radius 1 is 0.769 bits per heavy atom. The summed E-state index contributed by atoms with van der Waals surface area (Å²) in [5.41, 5.74) is 0.861. The van der Waals surface area contributed by atoms with Crippen molar-refractivity contribution in [2.24, 2.45) is 0 Å². The summed E-state index contributed by atoms with van der Waals surface area (Å²) in [5, 5.41) is 39.1. The van der Waals surface area contributed by atoms with Crippen LogP contribution in [0.4, 0.5) is 22.7 Å². The van der Waals surface area contributed by atoms with Crippen LogP contribution in [-0.2, 0) is 0 Å². The van der Waals surface area contributed by atoms with E-state index in [1.165, 1.54) is 11.3 Å². The van der Waals surface area contributed by atoms with E-state index in [1.807, 2.05) is 36.4 Å². The van der Waals surface area contributed by atoms with E-state index in [0.717, 1.165) is 61.8 Å². The normalized spacial score (nSPS) is 23.3. The minimum atomic E-state index is -0.224. The van der Waals surface area contributed by atoms with Crippen LogP contribution in [0.3, 0.4) is 0 Å². The van der Waals surface area contributed by atoms with E-state index in [4.69, 9.17) is 14.4 Å². The molecule has 5 N–H and O–H groups in total. The standard InChI is InChI=1S/C27H32N8O3S/c36-19-10-6-17(7-11-19)29-22-14-23(32-26(31-22)30-18-8-12-20(37)13-9-18)33-27-28-15-21(39-27)25-35-34-24(38-25)16-4-2-1-3-5-16/h1-5,14-15,17-20,36-37H,6-13H2,(H3,28,29,30,31,32,33). The lowest BCUT2D eigenvalue weighted by Gasteiger charge is -2.28. The van der Waals surface area contributed by atoms with Gasteiger partial charge in [0.15, 0.2) is 5.13 Å². The second kappa shape index (κ2) is 11.6. The molecule has 2 fully saturated rings. The quantitative estimate of drug-likeness (QED) is 0.206. The van der Waals surface area contributed by atoms with Crippen LogP contribution in [0.25, 0.3) is 22.2 Å². The molecule has 39 heavy (non-hydrogen) atoms. The van der Waals surface area contributed by atoms with Gasteiger partial charge in [-0.05, 0) is 63.5 Å². The maximum Gasteiger partial charge on any atom is 0.259 e. The van der Waals surface area contributed by atoms with Crippen LogP contribution in [0.15, 0.2) is 47.0 Å². The molecule has 0 bridgehead atoms. The topological polar surface area (TPSA) is 154 Å². The molecule has 3 aromatic heterocycles. The molecule has 12 heteroatoms. The first kappa shape index (κ1) is 25.7. The molecular formula is C27H32N8O3S. The van der Waals surface area contributed by atoms with E-state index >= 15 is 0 Å². The predicted octanol–water partition coefficient (Wildman–Crippen LogP) is 4.82. The second-order valence-corrected chi connectivity index (χ2v) is 11.2. The highest BCUT2D eigenvalue weighted by Gasteiger charge is 2.23. The van der Waals surface area contributed by atoms with Crippen molar-refractivity contribution in [3.63, 3.8) is 0 Å². The summed E-state index contributed by atoms with van der Waals surface area (Å²) in [4.78, 5) is 14.7. The number of rotatable bonds is 8. The third-order valence-electron chi connectivity index (χ3n) is 7.20. The summed E-state index contributed by atoms with van der Waals surface area (Å²) >= 11 is 1.40. The number of nitrogens with zero attached hydrogens (tertiary/aromatic N) is 5. The van der Waals surface area contributed by atoms with Crippen molar-refractivity contribution in [1.29, 1.82) is 0 Å². The van der Waals surface area contributed by atoms with Gasteiger partial charge in [-0.2, -0.15) is 9.97 Å². The van der Waals surface area contributed by atoms with Crippen molar-refractivity contribution in [2.75, 3.05) is 16.0 Å². The fourth-order valence-electron chi connectivity index (χ4n) is 5.04. The van der Waals surface area contributed by atoms with Gasteiger partial charge in [-0.3, -0.25) is 0 Å². The Labute approximate surface area is 230 Å². The molecule has 0 atom stereocenters. The van der Waals surface area contributed by atoms with Gasteiger partial charge >= 0.3 is 0 Å². The van der Waals surface area contributed by atoms with Crippen molar-refractivity contribution in [1.82, 2.24) is 25.1 Å². The smallest absolute Gasteiger partial charge is 0.259 e. The molecule has 2 saturated carbocycles. The van der Waals surface area contributed by atoms with Crippen molar-refractivity contribution in [2.45, 2.75) is 75.7 Å². The Balaban J connectivity index is 1.19. The number of aromatic nitrogens is 5. The van der Waals surface area contributed by atoms with Crippen molar-refractivity contribution in [3.05, 3.63) is 42.6 Å². The third-order valence-corrected chi connectivity index (χ3v) is 8.10. The van der Waals surface area contributed by atoms with E-state index < -0.39 is 0 Å². The van der Waals surface area contributed by atoms with Crippen LogP contribution in [0.1, 0.15) is 51.4 Å². The molecule has 0 amide bonds. The lowest BCUT2D eigenvalue weighted by molar-refractivity contribution is 0.125. The van der Waals surface area contributed by atoms with Gasteiger partial charge in [-0.25, -0.2) is 4.98 Å². The van der Waals surface area contributed by atoms with Crippen LogP contribution < -0.4 is 16.0 Å². The minimum absolute atomic E-state index is 0.212. The summed E-state index contributed by atoms with van der Waals surface area (Å²) in [6.45, 7) is 0. The first-order valence-electron chi connectivity index (χ1n) is 13.5. The van der Waals surface area contributed by atoms with Crippen LogP contribution >= 0.6 is 11.3 Å². The number of hydrogen-bond donors (Lipinski definition) is 5. The largest absolute Gasteiger partial charge is 0.415 e. The van der Waals surface area contributed by atoms with Gasteiger partial charge in [0.25, 0.3) is 5.89 Å². The van der Waals surface area contributed by atoms with Gasteiger partial charge in [0.1, 0.15) is 16.5 Å². The van der Waals surface area contributed by atoms with Crippen LogP contribution in [-0.4, -0.2) is 59.7 Å². The van der Waals surface area contributed by atoms with Gasteiger partial charge in [0.2, 0.25) is 11.8 Å². The monoisotopic (exact) mass is 548 g/mol. The SMILES string of the molecule is OC1CCC(Nc2cc(Nc3ncc(-c4nnc(-c5ccccc5)o4)s3)nc(NC3CCC(O)CC3)n2)CC1. The third kappa shape index (κ3) is 6.52. The fraction of sp³-hybridized carbons (Fsp3) is 0.444. The number of thiazole rings is 1. The molecule has 11 nitrogen and oxygen atoms in total. The highest BCUT2D eigenvalue weighted by molar-refractivity contribution is 7.18. The van der Waals surface area contributed by atoms with E-state index in [-0.39, 0.29) is 24.3 Å². The summed E-state index contributed by atoms with van der Waals surface area (Å²) in [6, 6.07) is 12.0. The van der Waals surface area contributed by atoms with Gasteiger partial charge < -0.3 is 30.6 Å². The summed E-state index contributed by atoms with van der Waals surface area (Å²) in [5.74, 6) is 2.72. The number of hydrogen-bond acceptors (Lipinski definition) is 12. The summed E-state index contributed by atoms with van der Waals surface area (Å²) in [6.07, 6.45) is 7.90. The van der Waals surface area contributed by atoms with Gasteiger partial charge in [-0.15, -0.1) is 10.2 Å². The zero-order valence-electron chi connectivity index (χ0n) is 21.5. The molecule has 0 unspecified atom stereocenters. The first-order chi connectivity index (χ1) is 19.1. The minimum Gasteiger partial charge on any atom is -0.415 e. The maximum absolute atomic E-state index is 9.88. The van der Waals surface area contributed by atoms with E-state index in [9.17, 15) is 10.2 Å². The zero-order chi connectivity index (χ0) is 26.6. The molecule has 3 heterocycles. The predicted molar refractivity (Wildman–Crippen MR) is 150 cm³/mol.